The quantitative estimate of drug-likeness (QED) is 0.130. The summed E-state index contributed by atoms with van der Waals surface area (Å²) >= 11 is 0. The number of para-hydroxylation sites is 3. The molecule has 0 radical (unpaired) electrons. The Hall–Kier alpha value is -6.40. The number of aliphatic imine (C=N–C) groups is 1. The van der Waals surface area contributed by atoms with E-state index in [1.807, 2.05) is 64.3 Å². The summed E-state index contributed by atoms with van der Waals surface area (Å²) in [6, 6.07) is 31.9. The number of hydrogen-bond donors (Lipinski definition) is 0. The maximum Gasteiger partial charge on any atom is 0.146 e. The van der Waals surface area contributed by atoms with Gasteiger partial charge in [-0.1, -0.05) is 81.1 Å². The van der Waals surface area contributed by atoms with Crippen molar-refractivity contribution in [1.29, 1.82) is 0 Å². The number of hydrogen-bond acceptors (Lipinski definition) is 4. The first kappa shape index (κ1) is 32.8. The van der Waals surface area contributed by atoms with Crippen molar-refractivity contribution in [1.82, 2.24) is 23.8 Å². The molecule has 3 aromatic carbocycles. The molecule has 0 aliphatic heterocycles. The molecular formula is C46H40N6. The topological polar surface area (TPSA) is 59.8 Å². The highest BCUT2D eigenvalue weighted by atomic mass is 15.0. The van der Waals surface area contributed by atoms with Crippen LogP contribution in [-0.4, -0.2) is 30.0 Å². The molecule has 6 nitrogen and oxygen atoms in total. The number of fused-ring (bicyclic) bond motifs is 11. The van der Waals surface area contributed by atoms with Gasteiger partial charge in [0.2, 0.25) is 0 Å². The standard InChI is InChI=1S/C44H34N6.C2H6/c1-4-14-36-39(5-2)49-40-20-10-7-15-29(40)25-30(43(49)47-36)27-38(45-6-3)35-19-13-18-34(46-35)28-23-24-31-32-16-8-11-21-41(32)50-42-22-12-9-17-37(42)48-44(50)33(31)26-28;1-2/h4-6,8-14,16-27H,2,7,15H2,1,3H3;1-2H3/b14-4-,38-27-,45-6?;. The smallest absolute Gasteiger partial charge is 0.146 e. The molecule has 8 aromatic rings. The molecule has 1 aliphatic carbocycles. The van der Waals surface area contributed by atoms with Gasteiger partial charge < -0.3 is 0 Å². The lowest BCUT2D eigenvalue weighted by molar-refractivity contribution is 0.946. The van der Waals surface area contributed by atoms with Crippen LogP contribution in [0.5, 0.6) is 0 Å². The minimum Gasteiger partial charge on any atom is -0.292 e. The molecule has 0 fully saturated rings. The molecule has 52 heavy (non-hydrogen) atoms. The molecule has 0 spiro atoms. The van der Waals surface area contributed by atoms with Gasteiger partial charge in [-0.05, 0) is 104 Å². The lowest BCUT2D eigenvalue weighted by Crippen LogP contribution is -2.05. The molecule has 0 unspecified atom stereocenters. The van der Waals surface area contributed by atoms with Crippen LogP contribution < -0.4 is 0 Å². The van der Waals surface area contributed by atoms with Crippen LogP contribution in [0.3, 0.4) is 0 Å². The van der Waals surface area contributed by atoms with E-state index < -0.39 is 0 Å². The van der Waals surface area contributed by atoms with E-state index in [1.165, 1.54) is 16.3 Å². The molecule has 0 saturated carbocycles. The highest BCUT2D eigenvalue weighted by molar-refractivity contribution is 6.14. The van der Waals surface area contributed by atoms with E-state index in [2.05, 4.69) is 112 Å². The van der Waals surface area contributed by atoms with E-state index >= 15 is 0 Å². The average molecular weight is 677 g/mol. The van der Waals surface area contributed by atoms with Gasteiger partial charge in [-0.25, -0.2) is 15.0 Å². The normalized spacial score (nSPS) is 13.2. The number of aromatic nitrogens is 5. The first-order chi connectivity index (χ1) is 25.7. The van der Waals surface area contributed by atoms with Gasteiger partial charge in [0.1, 0.15) is 11.3 Å². The highest BCUT2D eigenvalue weighted by Crippen LogP contribution is 2.35. The molecule has 6 heteroatoms. The molecule has 0 saturated heterocycles. The summed E-state index contributed by atoms with van der Waals surface area (Å²) in [4.78, 5) is 20.3. The summed E-state index contributed by atoms with van der Waals surface area (Å²) in [5.74, 6) is 0. The third-order valence-electron chi connectivity index (χ3n) is 9.60. The van der Waals surface area contributed by atoms with Gasteiger partial charge in [-0.2, -0.15) is 0 Å². The van der Waals surface area contributed by atoms with E-state index in [1.54, 1.807) is 0 Å². The van der Waals surface area contributed by atoms with Crippen LogP contribution >= 0.6 is 0 Å². The Morgan fingerprint density at radius 3 is 2.44 bits per heavy atom. The second kappa shape index (κ2) is 13.7. The molecule has 0 atom stereocenters. The van der Waals surface area contributed by atoms with Crippen molar-refractivity contribution in [3.63, 3.8) is 0 Å². The largest absolute Gasteiger partial charge is 0.292 e. The average Bonchev–Trinajstić information content (AvgIpc) is 3.78. The van der Waals surface area contributed by atoms with Crippen molar-refractivity contribution in [2.45, 2.75) is 40.5 Å². The van der Waals surface area contributed by atoms with Gasteiger partial charge in [-0.15, -0.1) is 0 Å². The second-order valence-corrected chi connectivity index (χ2v) is 12.6. The predicted molar refractivity (Wildman–Crippen MR) is 222 cm³/mol. The molecular weight excluding hydrogens is 637 g/mol. The third kappa shape index (κ3) is 5.35. The monoisotopic (exact) mass is 676 g/mol. The minimum atomic E-state index is 0.770. The molecule has 5 aromatic heterocycles. The van der Waals surface area contributed by atoms with Gasteiger partial charge in [0, 0.05) is 28.1 Å². The Morgan fingerprint density at radius 2 is 1.62 bits per heavy atom. The number of allylic oxidation sites excluding steroid dienone is 2. The molecule has 9 rings (SSSR count). The van der Waals surface area contributed by atoms with Crippen LogP contribution in [0.15, 0.2) is 115 Å². The number of nitrogens with zero attached hydrogens (tertiary/aromatic N) is 6. The van der Waals surface area contributed by atoms with E-state index in [-0.39, 0.29) is 0 Å². The number of benzene rings is 3. The van der Waals surface area contributed by atoms with Crippen LogP contribution in [0.2, 0.25) is 0 Å². The summed E-state index contributed by atoms with van der Waals surface area (Å²) < 4.78 is 4.51. The zero-order chi connectivity index (χ0) is 35.8. The van der Waals surface area contributed by atoms with Crippen LogP contribution in [0.4, 0.5) is 0 Å². The summed E-state index contributed by atoms with van der Waals surface area (Å²) in [6.45, 7) is 12.1. The molecule has 1 aliphatic rings. The van der Waals surface area contributed by atoms with E-state index in [4.69, 9.17) is 19.9 Å². The first-order valence-electron chi connectivity index (χ1n) is 18.1. The zero-order valence-electron chi connectivity index (χ0n) is 30.0. The maximum atomic E-state index is 5.21. The van der Waals surface area contributed by atoms with Crippen molar-refractivity contribution in [2.24, 2.45) is 4.99 Å². The van der Waals surface area contributed by atoms with Crippen molar-refractivity contribution in [3.8, 4) is 11.3 Å². The Balaban J connectivity index is 0.00000190. The summed E-state index contributed by atoms with van der Waals surface area (Å²) in [5.41, 5.74) is 13.8. The Morgan fingerprint density at radius 1 is 0.788 bits per heavy atom. The van der Waals surface area contributed by atoms with Crippen molar-refractivity contribution in [2.75, 3.05) is 0 Å². The maximum absolute atomic E-state index is 5.21. The Labute approximate surface area is 303 Å². The molecule has 0 amide bonds. The Kier molecular flexibility index (Phi) is 8.65. The molecule has 0 N–H and O–H groups in total. The van der Waals surface area contributed by atoms with Crippen LogP contribution in [0, 0.1) is 0 Å². The fraction of sp³-hybridized carbons (Fsp3) is 0.130. The summed E-state index contributed by atoms with van der Waals surface area (Å²) in [5, 5.41) is 3.45. The van der Waals surface area contributed by atoms with E-state index in [0.717, 1.165) is 91.4 Å². The molecule has 5 heterocycles. The lowest BCUT2D eigenvalue weighted by Gasteiger charge is -2.16. The Bertz CT molecular complexity index is 2800. The third-order valence-corrected chi connectivity index (χ3v) is 9.60. The number of pyridine rings is 3. The van der Waals surface area contributed by atoms with Gasteiger partial charge >= 0.3 is 0 Å². The van der Waals surface area contributed by atoms with Gasteiger partial charge in [0.05, 0.1) is 50.7 Å². The minimum absolute atomic E-state index is 0.770. The fourth-order valence-corrected chi connectivity index (χ4v) is 7.43. The van der Waals surface area contributed by atoms with E-state index in [0.29, 0.717) is 0 Å². The van der Waals surface area contributed by atoms with Crippen LogP contribution in [0.25, 0.3) is 85.3 Å². The van der Waals surface area contributed by atoms with Crippen LogP contribution in [0.1, 0.15) is 68.0 Å². The van der Waals surface area contributed by atoms with Crippen molar-refractivity contribution in [3.05, 3.63) is 144 Å². The number of imidazole rings is 2. The predicted octanol–water partition coefficient (Wildman–Crippen LogP) is 11.8. The lowest BCUT2D eigenvalue weighted by atomic mass is 9.99. The molecule has 254 valence electrons. The summed E-state index contributed by atoms with van der Waals surface area (Å²) in [6.07, 6.45) is 16.3. The second-order valence-electron chi connectivity index (χ2n) is 12.6. The van der Waals surface area contributed by atoms with Crippen LogP contribution in [-0.2, 0) is 6.42 Å². The van der Waals surface area contributed by atoms with Crippen molar-refractivity contribution < 1.29 is 0 Å². The number of rotatable bonds is 6. The first-order valence-corrected chi connectivity index (χ1v) is 18.1. The summed E-state index contributed by atoms with van der Waals surface area (Å²) in [7, 11) is 0. The SMILES string of the molecule is C=Cc1c(/C=C\C)nc2c(/C=C(\N=CC)c3cccc(-c4ccc5c6ccccc6n6c7ccccc7nc6c5c4)n3)cc3c(n12)C=CCC3.CC. The highest BCUT2D eigenvalue weighted by Gasteiger charge is 2.19. The number of aryl methyl sites for hydroxylation is 1. The van der Waals surface area contributed by atoms with Crippen molar-refractivity contribution >= 4 is 80.2 Å². The molecule has 0 bridgehead atoms. The fourth-order valence-electron chi connectivity index (χ4n) is 7.43. The van der Waals surface area contributed by atoms with Gasteiger partial charge in [-0.3, -0.25) is 13.8 Å². The van der Waals surface area contributed by atoms with Gasteiger partial charge in [0.15, 0.2) is 0 Å². The van der Waals surface area contributed by atoms with E-state index in [9.17, 15) is 0 Å². The van der Waals surface area contributed by atoms with Gasteiger partial charge in [0.25, 0.3) is 0 Å². The zero-order valence-corrected chi connectivity index (χ0v) is 30.0.